The molecule has 11 rings (SSSR count). The number of methoxy groups -OCH3 is 1. The summed E-state index contributed by atoms with van der Waals surface area (Å²) >= 11 is 0. The van der Waals surface area contributed by atoms with Gasteiger partial charge in [-0.2, -0.15) is 9.97 Å². The molecule has 0 bridgehead atoms. The molecule has 93 heavy (non-hydrogen) atoms. The molecule has 8 unspecified atom stereocenters. The lowest BCUT2D eigenvalue weighted by Crippen LogP contribution is -2.54. The zero-order chi connectivity index (χ0) is 68.1. The number of nitrogens with one attached hydrogen (secondary N) is 1. The molecule has 0 radical (unpaired) electrons. The summed E-state index contributed by atoms with van der Waals surface area (Å²) in [5.41, 5.74) is 4.73. The zero-order valence-electron chi connectivity index (χ0n) is 59.4. The molecule has 2 aromatic heterocycles. The van der Waals surface area contributed by atoms with Gasteiger partial charge in [-0.25, -0.2) is 8.78 Å². The summed E-state index contributed by atoms with van der Waals surface area (Å²) in [5, 5.41) is 14.3. The first-order valence-electron chi connectivity index (χ1n) is 36.0. The summed E-state index contributed by atoms with van der Waals surface area (Å²) in [7, 11) is 1.45. The fraction of sp³-hybridized carbons (Fsp3) is 0.649. The van der Waals surface area contributed by atoms with Gasteiger partial charge in [0.05, 0.1) is 12.5 Å². The van der Waals surface area contributed by atoms with Crippen LogP contribution in [-0.4, -0.2) is 101 Å². The number of amides is 3. The molecule has 6 heterocycles. The van der Waals surface area contributed by atoms with E-state index in [1.54, 1.807) is 30.2 Å². The van der Waals surface area contributed by atoms with Crippen molar-refractivity contribution in [2.45, 2.75) is 256 Å². The molecule has 2 aliphatic carbocycles. The first kappa shape index (κ1) is 75.7. The number of nitrogens with zero attached hydrogens (tertiary/aromatic N) is 6. The molecule has 2 N–H and O–H groups in total. The van der Waals surface area contributed by atoms with Crippen LogP contribution >= 0.6 is 0 Å². The highest BCUT2D eigenvalue weighted by molar-refractivity contribution is 6.07. The molecule has 8 atom stereocenters. The average molecular weight is 1290 g/mol. The number of rotatable bonds is 23. The van der Waals surface area contributed by atoms with Crippen LogP contribution in [0.25, 0.3) is 32.9 Å². The number of benzene rings is 3. The van der Waals surface area contributed by atoms with Crippen molar-refractivity contribution in [1.29, 1.82) is 0 Å². The Morgan fingerprint density at radius 2 is 1.58 bits per heavy atom. The maximum atomic E-state index is 16.0. The molecule has 3 aromatic carbocycles. The number of fused-ring (bicyclic) bond motifs is 4. The SMILES string of the molecule is CC.CC.CCCC(CCC(C)CC)c1ccc(N(C(=O)CC)C2CCC(=O)NC2=O)c(C)c1.CCCC1(CCC(C)CC)CC(C)C1.CCc1c(F)ccc2cc(O)cc(-c3ncc4c(N5CC6CC6C5)nc(OC)nc4c3F)c12.O=COCC1CCC2CCCN21. The van der Waals surface area contributed by atoms with Gasteiger partial charge in [-0.15, -0.1) is 0 Å². The number of hydrogen-bond acceptors (Lipinski definition) is 12. The van der Waals surface area contributed by atoms with Crippen molar-refractivity contribution in [2.24, 2.45) is 35.0 Å². The molecule has 4 aliphatic heterocycles. The van der Waals surface area contributed by atoms with Crippen LogP contribution in [0.3, 0.4) is 0 Å². The Kier molecular flexibility index (Phi) is 29.8. The van der Waals surface area contributed by atoms with E-state index in [0.29, 0.717) is 89.2 Å². The van der Waals surface area contributed by atoms with E-state index in [-0.39, 0.29) is 52.9 Å². The van der Waals surface area contributed by atoms with Crippen LogP contribution in [-0.2, 0) is 30.3 Å². The molecule has 4 saturated heterocycles. The Bertz CT molecular complexity index is 3210. The van der Waals surface area contributed by atoms with E-state index in [2.05, 4.69) is 90.7 Å². The van der Waals surface area contributed by atoms with Crippen molar-refractivity contribution in [1.82, 2.24) is 25.2 Å². The van der Waals surface area contributed by atoms with Gasteiger partial charge in [0.25, 0.3) is 6.47 Å². The molecule has 514 valence electrons. The molecular weight excluding hydrogens is 1170 g/mol. The van der Waals surface area contributed by atoms with Crippen LogP contribution in [0.15, 0.2) is 48.7 Å². The number of phenolic OH excluding ortho intramolecular Hbond substituents is 1. The molecule has 5 aromatic rings. The molecule has 6 aliphatic rings. The number of carbonyl (C=O) groups is 4. The molecular formula is C77H115F2N7O7. The van der Waals surface area contributed by atoms with Crippen LogP contribution in [0.2, 0.25) is 0 Å². The minimum absolute atomic E-state index is 0.000303. The number of phenols is 1. The standard InChI is InChI=1S/C25H22F2N4O2.C25H38N2O3.C14H28.C9H15NO2.2C2H6/c1-3-16-19(26)5-4-12-7-15(32)8-17(20(12)16)22-21(27)23-18(9-28-22)24(30-25(29-23)33-2)31-10-13-6-14(13)11-31;1-6-9-19(11-10-17(4)7-2)20-12-13-21(18(5)16-20)27(24(29)8-3)22-14-15-23(28)26-25(22)30;1-5-8-14(10-13(4)11-14)9-7-12(3)6-2;11-7-12-6-9-4-3-8-2-1-5-10(8)9;2*1-2/h4-5,7-9,13-14,32H,3,6,10-11H2,1-2H3;12-13,16-17,19,22H,6-11,14-15H2,1-5H3,(H,26,28,30);12-13H,5-11H2,1-4H3;7-9H,1-6H2;2*1-2H3. The number of aromatic hydroxyl groups is 1. The Labute approximate surface area is 556 Å². The Morgan fingerprint density at radius 1 is 0.871 bits per heavy atom. The summed E-state index contributed by atoms with van der Waals surface area (Å²) in [5.74, 6) is 3.32. The Hall–Kier alpha value is -6.29. The fourth-order valence-corrected chi connectivity index (χ4v) is 15.2. The van der Waals surface area contributed by atoms with Gasteiger partial charge in [-0.3, -0.25) is 39.3 Å². The molecule has 2 saturated carbocycles. The quantitative estimate of drug-likeness (QED) is 0.0470. The van der Waals surface area contributed by atoms with Crippen molar-refractivity contribution in [3.63, 3.8) is 0 Å². The number of aryl methyl sites for hydroxylation is 2. The van der Waals surface area contributed by atoms with Crippen molar-refractivity contribution in [2.75, 3.05) is 43.2 Å². The number of hydrogen-bond donors (Lipinski definition) is 2. The Morgan fingerprint density at radius 3 is 2.19 bits per heavy atom. The molecule has 14 nitrogen and oxygen atoms in total. The summed E-state index contributed by atoms with van der Waals surface area (Å²) < 4.78 is 40.7. The van der Waals surface area contributed by atoms with Crippen LogP contribution < -0.4 is 19.9 Å². The topological polar surface area (TPSA) is 167 Å². The van der Waals surface area contributed by atoms with E-state index in [0.717, 1.165) is 66.4 Å². The number of imide groups is 1. The summed E-state index contributed by atoms with van der Waals surface area (Å²) in [6.45, 7) is 34.0. The van der Waals surface area contributed by atoms with E-state index in [1.165, 1.54) is 128 Å². The third-order valence-electron chi connectivity index (χ3n) is 20.5. The second kappa shape index (κ2) is 36.6. The van der Waals surface area contributed by atoms with Crippen molar-refractivity contribution in [3.05, 3.63) is 77.0 Å². The lowest BCUT2D eigenvalue weighted by atomic mass is 9.58. The third-order valence-corrected chi connectivity index (χ3v) is 20.5. The van der Waals surface area contributed by atoms with E-state index in [1.807, 2.05) is 47.6 Å². The number of piperidine rings is 2. The monoisotopic (exact) mass is 1290 g/mol. The summed E-state index contributed by atoms with van der Waals surface area (Å²) in [4.78, 5) is 66.3. The van der Waals surface area contributed by atoms with Gasteiger partial charge in [0.2, 0.25) is 17.7 Å². The van der Waals surface area contributed by atoms with Gasteiger partial charge in [0, 0.05) is 55.5 Å². The molecule has 0 spiro atoms. The van der Waals surface area contributed by atoms with Crippen molar-refractivity contribution < 1.29 is 42.5 Å². The highest BCUT2D eigenvalue weighted by Gasteiger charge is 2.46. The number of anilines is 2. The number of carbonyl (C=O) groups excluding carboxylic acids is 4. The van der Waals surface area contributed by atoms with Crippen molar-refractivity contribution >= 4 is 57.4 Å². The minimum atomic E-state index is -0.656. The third kappa shape index (κ3) is 19.2. The lowest BCUT2D eigenvalue weighted by Gasteiger charge is -2.47. The first-order chi connectivity index (χ1) is 44.8. The highest BCUT2D eigenvalue weighted by Crippen LogP contribution is 2.53. The fourth-order valence-electron chi connectivity index (χ4n) is 15.2. The van der Waals surface area contributed by atoms with E-state index in [9.17, 15) is 28.7 Å². The predicted molar refractivity (Wildman–Crippen MR) is 375 cm³/mol. The number of pyridine rings is 1. The average Bonchev–Trinajstić information content (AvgIpc) is 1.74. The van der Waals surface area contributed by atoms with Gasteiger partial charge in [0.1, 0.15) is 41.2 Å². The van der Waals surface area contributed by atoms with E-state index in [4.69, 9.17) is 9.47 Å². The zero-order valence-corrected chi connectivity index (χ0v) is 59.4. The molecule has 3 amide bonds. The first-order valence-corrected chi connectivity index (χ1v) is 36.0. The van der Waals surface area contributed by atoms with Gasteiger partial charge in [0.15, 0.2) is 5.82 Å². The Balaban J connectivity index is 0.000000208. The largest absolute Gasteiger partial charge is 0.508 e. The predicted octanol–water partition coefficient (Wildman–Crippen LogP) is 18.0. The molecule has 16 heteroatoms. The smallest absolute Gasteiger partial charge is 0.318 e. The van der Waals surface area contributed by atoms with Crippen LogP contribution in [0.5, 0.6) is 11.8 Å². The number of aromatic nitrogens is 3. The maximum Gasteiger partial charge on any atom is 0.318 e. The summed E-state index contributed by atoms with van der Waals surface area (Å²) in [6, 6.07) is 13.0. The second-order valence-corrected chi connectivity index (χ2v) is 27.1. The van der Waals surface area contributed by atoms with Crippen LogP contribution in [0.1, 0.15) is 241 Å². The van der Waals surface area contributed by atoms with Gasteiger partial charge >= 0.3 is 6.01 Å². The normalized spacial score (nSPS) is 22.6. The highest BCUT2D eigenvalue weighted by atomic mass is 19.1. The second-order valence-electron chi connectivity index (χ2n) is 27.1. The van der Waals surface area contributed by atoms with Gasteiger partial charge < -0.3 is 19.5 Å². The summed E-state index contributed by atoms with van der Waals surface area (Å²) in [6.07, 6.45) is 25.4. The van der Waals surface area contributed by atoms with Crippen molar-refractivity contribution in [3.8, 4) is 23.0 Å². The van der Waals surface area contributed by atoms with Crippen LogP contribution in [0.4, 0.5) is 20.3 Å². The van der Waals surface area contributed by atoms with E-state index >= 15 is 4.39 Å². The lowest BCUT2D eigenvalue weighted by molar-refractivity contribution is -0.135. The number of halogens is 2. The van der Waals surface area contributed by atoms with Gasteiger partial charge in [-0.05, 0) is 190 Å². The number of ether oxygens (including phenoxy) is 2. The van der Waals surface area contributed by atoms with E-state index < -0.39 is 11.9 Å². The van der Waals surface area contributed by atoms with Gasteiger partial charge in [-0.1, -0.05) is 147 Å². The maximum absolute atomic E-state index is 16.0. The molecule has 6 fully saturated rings. The van der Waals surface area contributed by atoms with Crippen LogP contribution in [0, 0.1) is 53.6 Å². The minimum Gasteiger partial charge on any atom is -0.508 e.